The summed E-state index contributed by atoms with van der Waals surface area (Å²) in [7, 11) is 0. The van der Waals surface area contributed by atoms with Crippen LogP contribution in [-0.2, 0) is 0 Å². The second-order valence-corrected chi connectivity index (χ2v) is 7.58. The average Bonchev–Trinajstić information content (AvgIpc) is 3.18. The summed E-state index contributed by atoms with van der Waals surface area (Å²) < 4.78 is 14.4. The molecule has 0 N–H and O–H groups in total. The molecule has 1 aromatic heterocycles. The molecule has 146 valence electrons. The maximum absolute atomic E-state index is 5.99. The van der Waals surface area contributed by atoms with Crippen molar-refractivity contribution in [2.45, 2.75) is 26.7 Å². The van der Waals surface area contributed by atoms with Gasteiger partial charge in [-0.15, -0.1) is 10.2 Å². The summed E-state index contributed by atoms with van der Waals surface area (Å²) in [6.45, 7) is 7.28. The number of aryl methyl sites for hydroxylation is 1. The van der Waals surface area contributed by atoms with E-state index in [2.05, 4.69) is 70.2 Å². The summed E-state index contributed by atoms with van der Waals surface area (Å²) in [5.74, 6) is 2.06. The summed E-state index contributed by atoms with van der Waals surface area (Å²) in [5.41, 5.74) is 3.23. The van der Waals surface area contributed by atoms with Crippen LogP contribution in [0.3, 0.4) is 0 Å². The molecule has 0 saturated carbocycles. The Bertz CT molecular complexity index is 940. The molecule has 6 nitrogen and oxygen atoms in total. The molecule has 0 amide bonds. The Labute approximate surface area is 173 Å². The van der Waals surface area contributed by atoms with Crippen LogP contribution in [-0.4, -0.2) is 34.3 Å². The first kappa shape index (κ1) is 20.1. The molecule has 0 bridgehead atoms. The van der Waals surface area contributed by atoms with Gasteiger partial charge < -0.3 is 9.47 Å². The highest BCUT2D eigenvalue weighted by Crippen LogP contribution is 2.27. The highest BCUT2D eigenvalue weighted by Gasteiger charge is 2.09. The summed E-state index contributed by atoms with van der Waals surface area (Å²) in [5, 5.41) is 11.8. The minimum absolute atomic E-state index is 0.406. The molecule has 7 heteroatoms. The van der Waals surface area contributed by atoms with Gasteiger partial charge in [0.1, 0.15) is 37.4 Å². The number of nitrogens with zero attached hydrogens (tertiary/aromatic N) is 4. The molecule has 0 saturated heterocycles. The first-order valence-electron chi connectivity index (χ1n) is 9.07. The average molecular weight is 443 g/mol. The van der Waals surface area contributed by atoms with E-state index >= 15 is 0 Å². The Hall–Kier alpha value is -2.67. The number of benzene rings is 2. The highest BCUT2D eigenvalue weighted by molar-refractivity contribution is 9.10. The SMILES string of the molecule is Cc1ccc(C(C)C)c(OCCOc2ccc(Br)cc2/C=N\n2cnnc2)c1. The van der Waals surface area contributed by atoms with E-state index in [0.29, 0.717) is 19.1 Å². The molecule has 0 radical (unpaired) electrons. The predicted octanol–water partition coefficient (Wildman–Crippen LogP) is 4.81. The van der Waals surface area contributed by atoms with Crippen molar-refractivity contribution in [1.82, 2.24) is 14.9 Å². The van der Waals surface area contributed by atoms with Crippen LogP contribution in [0.2, 0.25) is 0 Å². The van der Waals surface area contributed by atoms with E-state index in [1.807, 2.05) is 18.2 Å². The van der Waals surface area contributed by atoms with E-state index in [1.54, 1.807) is 6.21 Å². The molecule has 0 aliphatic carbocycles. The van der Waals surface area contributed by atoms with Crippen LogP contribution in [0.1, 0.15) is 36.5 Å². The zero-order valence-corrected chi connectivity index (χ0v) is 17.8. The highest BCUT2D eigenvalue weighted by atomic mass is 79.9. The van der Waals surface area contributed by atoms with Crippen LogP contribution < -0.4 is 9.47 Å². The van der Waals surface area contributed by atoms with E-state index in [4.69, 9.17) is 9.47 Å². The molecule has 3 aromatic rings. The van der Waals surface area contributed by atoms with Crippen LogP contribution >= 0.6 is 15.9 Å². The summed E-state index contributed by atoms with van der Waals surface area (Å²) in [4.78, 5) is 0. The zero-order chi connectivity index (χ0) is 19.9. The van der Waals surface area contributed by atoms with Gasteiger partial charge in [-0.3, -0.25) is 0 Å². The van der Waals surface area contributed by atoms with Gasteiger partial charge in [-0.1, -0.05) is 41.9 Å². The molecule has 0 atom stereocenters. The Morgan fingerprint density at radius 1 is 1.04 bits per heavy atom. The van der Waals surface area contributed by atoms with Gasteiger partial charge in [-0.25, -0.2) is 4.68 Å². The number of rotatable bonds is 8. The molecule has 0 aliphatic rings. The quantitative estimate of drug-likeness (QED) is 0.370. The molecule has 0 unspecified atom stereocenters. The number of hydrogen-bond donors (Lipinski definition) is 0. The lowest BCUT2D eigenvalue weighted by Gasteiger charge is -2.15. The van der Waals surface area contributed by atoms with Crippen LogP contribution in [0.4, 0.5) is 0 Å². The van der Waals surface area contributed by atoms with Crippen molar-refractivity contribution in [1.29, 1.82) is 0 Å². The van der Waals surface area contributed by atoms with Crippen LogP contribution in [0.25, 0.3) is 0 Å². The second-order valence-electron chi connectivity index (χ2n) is 6.66. The maximum atomic E-state index is 5.99. The van der Waals surface area contributed by atoms with Crippen molar-refractivity contribution in [3.63, 3.8) is 0 Å². The normalized spacial score (nSPS) is 11.3. The summed E-state index contributed by atoms with van der Waals surface area (Å²) in [6.07, 6.45) is 4.76. The van der Waals surface area contributed by atoms with Crippen molar-refractivity contribution in [3.8, 4) is 11.5 Å². The minimum atomic E-state index is 0.406. The first-order valence-corrected chi connectivity index (χ1v) is 9.87. The van der Waals surface area contributed by atoms with Gasteiger partial charge in [0.05, 0.1) is 6.21 Å². The molecule has 0 fully saturated rings. The molecule has 2 aromatic carbocycles. The molecule has 0 aliphatic heterocycles. The predicted molar refractivity (Wildman–Crippen MR) is 113 cm³/mol. The van der Waals surface area contributed by atoms with Crippen molar-refractivity contribution < 1.29 is 9.47 Å². The van der Waals surface area contributed by atoms with Crippen LogP contribution in [0.5, 0.6) is 11.5 Å². The van der Waals surface area contributed by atoms with E-state index in [1.165, 1.54) is 28.5 Å². The topological polar surface area (TPSA) is 61.5 Å². The summed E-state index contributed by atoms with van der Waals surface area (Å²) in [6, 6.07) is 12.1. The maximum Gasteiger partial charge on any atom is 0.141 e. The van der Waals surface area contributed by atoms with E-state index in [0.717, 1.165) is 21.5 Å². The first-order chi connectivity index (χ1) is 13.5. The van der Waals surface area contributed by atoms with Crippen molar-refractivity contribution in [3.05, 3.63) is 70.2 Å². The lowest BCUT2D eigenvalue weighted by Crippen LogP contribution is -2.11. The Kier molecular flexibility index (Phi) is 6.81. The number of aromatic nitrogens is 3. The zero-order valence-electron chi connectivity index (χ0n) is 16.2. The fourth-order valence-electron chi connectivity index (χ4n) is 2.68. The molecule has 3 rings (SSSR count). The number of hydrogen-bond acceptors (Lipinski definition) is 5. The molecular weight excluding hydrogens is 420 g/mol. The standard InChI is InChI=1S/C21H23BrN4O2/c1-15(2)19-6-4-16(3)10-21(19)28-9-8-27-20-7-5-18(22)11-17(20)12-25-26-13-23-24-14-26/h4-7,10-15H,8-9H2,1-3H3/b25-12-. The monoisotopic (exact) mass is 442 g/mol. The van der Waals surface area contributed by atoms with Gasteiger partial charge >= 0.3 is 0 Å². The van der Waals surface area contributed by atoms with Crippen molar-refractivity contribution in [2.24, 2.45) is 5.10 Å². The largest absolute Gasteiger partial charge is 0.490 e. The van der Waals surface area contributed by atoms with Gasteiger partial charge in [-0.05, 0) is 48.2 Å². The fraction of sp³-hybridized carbons (Fsp3) is 0.286. The van der Waals surface area contributed by atoms with E-state index in [9.17, 15) is 0 Å². The molecule has 1 heterocycles. The molecule has 28 heavy (non-hydrogen) atoms. The minimum Gasteiger partial charge on any atom is -0.490 e. The molecule has 0 spiro atoms. The van der Waals surface area contributed by atoms with Crippen molar-refractivity contribution >= 4 is 22.1 Å². The van der Waals surface area contributed by atoms with E-state index in [-0.39, 0.29) is 0 Å². The lowest BCUT2D eigenvalue weighted by atomic mass is 10.0. The fourth-order valence-corrected chi connectivity index (χ4v) is 3.06. The van der Waals surface area contributed by atoms with Gasteiger partial charge in [0.2, 0.25) is 0 Å². The number of ether oxygens (including phenoxy) is 2. The molecular formula is C21H23BrN4O2. The van der Waals surface area contributed by atoms with E-state index < -0.39 is 0 Å². The van der Waals surface area contributed by atoms with Crippen LogP contribution in [0, 0.1) is 6.92 Å². The smallest absolute Gasteiger partial charge is 0.141 e. The summed E-state index contributed by atoms with van der Waals surface area (Å²) >= 11 is 3.48. The van der Waals surface area contributed by atoms with Crippen LogP contribution in [0.15, 0.2) is 58.6 Å². The lowest BCUT2D eigenvalue weighted by molar-refractivity contribution is 0.215. The van der Waals surface area contributed by atoms with Crippen molar-refractivity contribution in [2.75, 3.05) is 13.2 Å². The van der Waals surface area contributed by atoms with Gasteiger partial charge in [-0.2, -0.15) is 5.10 Å². The third kappa shape index (κ3) is 5.42. The van der Waals surface area contributed by atoms with Gasteiger partial charge in [0, 0.05) is 10.0 Å². The third-order valence-corrected chi connectivity index (χ3v) is 4.59. The Morgan fingerprint density at radius 3 is 2.46 bits per heavy atom. The Morgan fingerprint density at radius 2 is 1.75 bits per heavy atom. The second kappa shape index (κ2) is 9.50. The van der Waals surface area contributed by atoms with Gasteiger partial charge in [0.15, 0.2) is 0 Å². The van der Waals surface area contributed by atoms with Gasteiger partial charge in [0.25, 0.3) is 0 Å². The Balaban J connectivity index is 1.63. The number of halogens is 1. The third-order valence-electron chi connectivity index (χ3n) is 4.10.